The Morgan fingerprint density at radius 3 is 1.59 bits per heavy atom. The molecule has 0 aliphatic rings. The van der Waals surface area contributed by atoms with Crippen LogP contribution in [0.2, 0.25) is 0 Å². The predicted octanol–water partition coefficient (Wildman–Crippen LogP) is 14.6. The lowest BCUT2D eigenvalue weighted by atomic mass is 10.0. The summed E-state index contributed by atoms with van der Waals surface area (Å²) in [5.74, 6) is 0.626. The molecule has 7 heterocycles. The fourth-order valence-electron chi connectivity index (χ4n) is 10.4. The van der Waals surface area contributed by atoms with Crippen molar-refractivity contribution in [2.24, 2.45) is 0 Å². The quantitative estimate of drug-likeness (QED) is 0.159. The van der Waals surface area contributed by atoms with Crippen LogP contribution in [-0.2, 0) is 0 Å². The Morgan fingerprint density at radius 2 is 0.841 bits per heavy atom. The SMILES string of the molecule is c1ccc(-n2c3ccc(-n4c5ccccc5c5cc(-c6ccc7c8ccccc8n(-c8cccc(-c9nc(-c%10cccnc%10)cc(-c%10cccnc%10)n9)c8)c7c6)ccc54)cc3c3ncccc32)cc1. The first-order chi connectivity index (χ1) is 34.2. The first-order valence-electron chi connectivity index (χ1n) is 23.0. The third kappa shape index (κ3) is 6.27. The number of hydrogen-bond acceptors (Lipinski definition) is 5. The van der Waals surface area contributed by atoms with Gasteiger partial charge < -0.3 is 13.7 Å². The summed E-state index contributed by atoms with van der Waals surface area (Å²) in [6, 6.07) is 71.1. The highest BCUT2D eigenvalue weighted by Crippen LogP contribution is 2.40. The minimum absolute atomic E-state index is 0.626. The molecule has 0 saturated heterocycles. The first kappa shape index (κ1) is 38.7. The Balaban J connectivity index is 0.905. The van der Waals surface area contributed by atoms with Crippen molar-refractivity contribution in [1.82, 2.24) is 38.6 Å². The number of rotatable bonds is 7. The molecule has 8 nitrogen and oxygen atoms in total. The van der Waals surface area contributed by atoms with Crippen LogP contribution < -0.4 is 0 Å². The van der Waals surface area contributed by atoms with Crippen LogP contribution in [0.3, 0.4) is 0 Å². The highest BCUT2D eigenvalue weighted by atomic mass is 15.0. The molecule has 0 amide bonds. The zero-order valence-electron chi connectivity index (χ0n) is 37.0. The molecule has 0 aliphatic carbocycles. The summed E-state index contributed by atoms with van der Waals surface area (Å²) in [5.41, 5.74) is 17.6. The van der Waals surface area contributed by atoms with Crippen LogP contribution >= 0.6 is 0 Å². The van der Waals surface area contributed by atoms with Crippen molar-refractivity contribution in [3.05, 3.63) is 231 Å². The molecule has 0 bridgehead atoms. The highest BCUT2D eigenvalue weighted by molar-refractivity contribution is 6.13. The Hall–Kier alpha value is -9.53. The largest absolute Gasteiger partial charge is 0.309 e. The van der Waals surface area contributed by atoms with Gasteiger partial charge in [-0.15, -0.1) is 0 Å². The van der Waals surface area contributed by atoms with Gasteiger partial charge in [0, 0.05) is 91.7 Å². The van der Waals surface area contributed by atoms with E-state index in [2.05, 4.69) is 187 Å². The van der Waals surface area contributed by atoms with Gasteiger partial charge in [0.25, 0.3) is 0 Å². The van der Waals surface area contributed by atoms with Gasteiger partial charge in [0.1, 0.15) is 0 Å². The smallest absolute Gasteiger partial charge is 0.160 e. The molecule has 0 aliphatic heterocycles. The van der Waals surface area contributed by atoms with E-state index in [0.717, 1.165) is 100 Å². The van der Waals surface area contributed by atoms with Crippen LogP contribution in [-0.4, -0.2) is 38.6 Å². The van der Waals surface area contributed by atoms with E-state index in [1.807, 2.05) is 55.0 Å². The molecule has 0 spiro atoms. The van der Waals surface area contributed by atoms with Crippen molar-refractivity contribution in [3.8, 4) is 62.1 Å². The lowest BCUT2D eigenvalue weighted by Gasteiger charge is -2.12. The molecular weight excluding hydrogens is 845 g/mol. The van der Waals surface area contributed by atoms with Crippen LogP contribution in [0.5, 0.6) is 0 Å². The molecule has 0 fully saturated rings. The van der Waals surface area contributed by atoms with Crippen LogP contribution in [0.4, 0.5) is 0 Å². The van der Waals surface area contributed by atoms with E-state index >= 15 is 0 Å². The Labute approximate surface area is 395 Å². The maximum absolute atomic E-state index is 5.12. The zero-order valence-corrected chi connectivity index (χ0v) is 37.0. The highest BCUT2D eigenvalue weighted by Gasteiger charge is 2.20. The molecule has 7 aromatic heterocycles. The number of aromatic nitrogens is 8. The van der Waals surface area contributed by atoms with Gasteiger partial charge in [0.05, 0.1) is 50.0 Å². The monoisotopic (exact) mass is 882 g/mol. The average Bonchev–Trinajstić information content (AvgIpc) is 4.06. The molecule has 7 aromatic carbocycles. The van der Waals surface area contributed by atoms with Gasteiger partial charge in [-0.2, -0.15) is 0 Å². The van der Waals surface area contributed by atoms with Crippen molar-refractivity contribution in [2.75, 3.05) is 0 Å². The number of para-hydroxylation sites is 3. The van der Waals surface area contributed by atoms with E-state index in [9.17, 15) is 0 Å². The molecule has 0 N–H and O–H groups in total. The van der Waals surface area contributed by atoms with Gasteiger partial charge in [-0.1, -0.05) is 84.9 Å². The van der Waals surface area contributed by atoms with Crippen LogP contribution in [0.1, 0.15) is 0 Å². The molecule has 0 unspecified atom stereocenters. The lowest BCUT2D eigenvalue weighted by molar-refractivity contribution is 1.15. The van der Waals surface area contributed by atoms with Crippen molar-refractivity contribution in [2.45, 2.75) is 0 Å². The van der Waals surface area contributed by atoms with Gasteiger partial charge >= 0.3 is 0 Å². The average molecular weight is 883 g/mol. The molecule has 14 aromatic rings. The van der Waals surface area contributed by atoms with Crippen molar-refractivity contribution in [3.63, 3.8) is 0 Å². The third-order valence-electron chi connectivity index (χ3n) is 13.5. The van der Waals surface area contributed by atoms with E-state index in [4.69, 9.17) is 15.0 Å². The number of nitrogens with zero attached hydrogens (tertiary/aromatic N) is 8. The Kier molecular flexibility index (Phi) is 8.72. The molecule has 0 saturated carbocycles. The summed E-state index contributed by atoms with van der Waals surface area (Å²) in [5, 5.41) is 5.89. The molecule has 69 heavy (non-hydrogen) atoms. The molecule has 8 heteroatoms. The molecule has 0 atom stereocenters. The fourth-order valence-corrected chi connectivity index (χ4v) is 10.4. The van der Waals surface area contributed by atoms with Gasteiger partial charge in [-0.05, 0) is 126 Å². The van der Waals surface area contributed by atoms with Crippen molar-refractivity contribution in [1.29, 1.82) is 0 Å². The second kappa shape index (κ2) is 15.5. The van der Waals surface area contributed by atoms with Crippen molar-refractivity contribution < 1.29 is 0 Å². The third-order valence-corrected chi connectivity index (χ3v) is 13.5. The summed E-state index contributed by atoms with van der Waals surface area (Å²) in [7, 11) is 0. The number of pyridine rings is 3. The summed E-state index contributed by atoms with van der Waals surface area (Å²) in [4.78, 5) is 23.9. The minimum atomic E-state index is 0.626. The van der Waals surface area contributed by atoms with Gasteiger partial charge in [0.2, 0.25) is 0 Å². The van der Waals surface area contributed by atoms with E-state index in [1.165, 1.54) is 21.5 Å². The fraction of sp³-hybridized carbons (Fsp3) is 0. The topological polar surface area (TPSA) is 79.2 Å². The van der Waals surface area contributed by atoms with Crippen LogP contribution in [0, 0.1) is 0 Å². The second-order valence-corrected chi connectivity index (χ2v) is 17.4. The van der Waals surface area contributed by atoms with E-state index < -0.39 is 0 Å². The summed E-state index contributed by atoms with van der Waals surface area (Å²) >= 11 is 0. The lowest BCUT2D eigenvalue weighted by Crippen LogP contribution is -1.98. The van der Waals surface area contributed by atoms with Crippen LogP contribution in [0.15, 0.2) is 231 Å². The van der Waals surface area contributed by atoms with Gasteiger partial charge in [0.15, 0.2) is 5.82 Å². The van der Waals surface area contributed by atoms with E-state index in [1.54, 1.807) is 12.4 Å². The number of fused-ring (bicyclic) bond motifs is 9. The zero-order chi connectivity index (χ0) is 45.4. The second-order valence-electron chi connectivity index (χ2n) is 17.4. The molecule has 322 valence electrons. The molecular formula is C61H38N8. The summed E-state index contributed by atoms with van der Waals surface area (Å²) in [6.45, 7) is 0. The van der Waals surface area contributed by atoms with Gasteiger partial charge in [-0.3, -0.25) is 15.0 Å². The normalized spacial score (nSPS) is 11.8. The van der Waals surface area contributed by atoms with Gasteiger partial charge in [-0.25, -0.2) is 9.97 Å². The van der Waals surface area contributed by atoms with E-state index in [-0.39, 0.29) is 0 Å². The number of benzene rings is 7. The Morgan fingerprint density at radius 1 is 0.290 bits per heavy atom. The standard InChI is InChI=1S/C61H38N8/c1-2-15-44(16-3-1)67-57-28-25-46(35-51(57)60-58(67)22-11-31-64-60)68-55-21-7-5-19-48(55)50-33-39(24-27-56(50)68)40-23-26-49-47-18-4-6-20-54(47)69(59(49)34-40)45-17-8-12-41(32-45)61-65-52(42-13-9-29-62-37-42)36-53(66-61)43-14-10-30-63-38-43/h1-38H. The maximum Gasteiger partial charge on any atom is 0.160 e. The first-order valence-corrected chi connectivity index (χ1v) is 23.0. The summed E-state index contributed by atoms with van der Waals surface area (Å²) < 4.78 is 7.07. The number of hydrogen-bond donors (Lipinski definition) is 0. The van der Waals surface area contributed by atoms with E-state index in [0.29, 0.717) is 5.82 Å². The predicted molar refractivity (Wildman–Crippen MR) is 280 cm³/mol. The molecule has 0 radical (unpaired) electrons. The maximum atomic E-state index is 5.12. The summed E-state index contributed by atoms with van der Waals surface area (Å²) in [6.07, 6.45) is 9.12. The molecule has 14 rings (SSSR count). The van der Waals surface area contributed by atoms with Crippen LogP contribution in [0.25, 0.3) is 128 Å². The van der Waals surface area contributed by atoms with Crippen molar-refractivity contribution >= 4 is 65.5 Å². The Bertz CT molecular complexity index is 4250. The minimum Gasteiger partial charge on any atom is -0.309 e.